The van der Waals surface area contributed by atoms with Gasteiger partial charge in [0.2, 0.25) is 6.10 Å². The normalized spacial score (nSPS) is 11.8. The maximum Gasteiger partial charge on any atom is 0.249 e. The van der Waals surface area contributed by atoms with E-state index >= 15 is 0 Å². The molecule has 0 fully saturated rings. The summed E-state index contributed by atoms with van der Waals surface area (Å²) >= 11 is 0. The molecule has 0 spiro atoms. The lowest BCUT2D eigenvalue weighted by atomic mass is 9.98. The van der Waals surface area contributed by atoms with Gasteiger partial charge in [-0.1, -0.05) is 43.0 Å². The molecule has 0 radical (unpaired) electrons. The number of alkyl halides is 1. The van der Waals surface area contributed by atoms with E-state index in [0.717, 1.165) is 5.56 Å². The minimum Gasteiger partial charge on any atom is -0.457 e. The molecule has 2 unspecified atom stereocenters. The molecule has 92 valence electrons. The van der Waals surface area contributed by atoms with Crippen LogP contribution in [0, 0.1) is 6.92 Å². The van der Waals surface area contributed by atoms with E-state index < -0.39 is 6.10 Å². The molecule has 1 rings (SSSR count). The molecule has 0 aliphatic heterocycles. The van der Waals surface area contributed by atoms with Gasteiger partial charge in [0.1, 0.15) is 5.75 Å². The quantitative estimate of drug-likeness (QED) is 0.703. The molecule has 0 aliphatic rings. The van der Waals surface area contributed by atoms with E-state index in [2.05, 4.69) is 13.8 Å². The Morgan fingerprint density at radius 1 is 1.25 bits per heavy atom. The van der Waals surface area contributed by atoms with Crippen molar-refractivity contribution in [2.45, 2.75) is 46.6 Å². The number of ether oxygens (including phenoxy) is 1. The summed E-state index contributed by atoms with van der Waals surface area (Å²) in [5.41, 5.74) is 2.42. The summed E-state index contributed by atoms with van der Waals surface area (Å²) in [7, 11) is 1.96. The summed E-state index contributed by atoms with van der Waals surface area (Å²) in [6.45, 7) is 10.3. The van der Waals surface area contributed by atoms with Gasteiger partial charge in [-0.3, -0.25) is 0 Å². The second-order valence-corrected chi connectivity index (χ2v) is 4.17. The minimum atomic E-state index is -1.33. The average molecular weight is 244 g/mol. The van der Waals surface area contributed by atoms with Crippen molar-refractivity contribution in [1.29, 1.82) is 0 Å². The van der Waals surface area contributed by atoms with Crippen LogP contribution in [0.25, 0.3) is 0 Å². The van der Waals surface area contributed by atoms with E-state index in [1.807, 2.05) is 42.1 Å². The molecule has 3 heteroatoms. The highest BCUT2D eigenvalue weighted by Crippen LogP contribution is 2.24. The maximum absolute atomic E-state index is 12.5. The molecule has 2 atom stereocenters. The lowest BCUT2D eigenvalue weighted by Crippen LogP contribution is -2.01. The zero-order valence-electron chi connectivity index (χ0n) is 10.8. The zero-order chi connectivity index (χ0) is 12.7. The fourth-order valence-electron chi connectivity index (χ4n) is 1.50. The largest absolute Gasteiger partial charge is 0.457 e. The van der Waals surface area contributed by atoms with Crippen LogP contribution in [0.4, 0.5) is 4.39 Å². The standard InChI is InChI=1S/C11H16FOP.C2H6/c1-7(2)10-5-4-9(6-8(10)3)13-11(12)14;1-2/h4-7,11H,14H2,1-3H3;1-2H3. The van der Waals surface area contributed by atoms with Gasteiger partial charge in [-0.15, -0.1) is 0 Å². The van der Waals surface area contributed by atoms with Gasteiger partial charge in [0.05, 0.1) is 0 Å². The van der Waals surface area contributed by atoms with Crippen LogP contribution in [0.2, 0.25) is 0 Å². The van der Waals surface area contributed by atoms with Crippen LogP contribution in [-0.2, 0) is 0 Å². The third-order valence-electron chi connectivity index (χ3n) is 2.11. The van der Waals surface area contributed by atoms with Gasteiger partial charge in [0.25, 0.3) is 0 Å². The SMILES string of the molecule is CC.Cc1cc(OC(F)P)ccc1C(C)C. The number of hydrogen-bond acceptors (Lipinski definition) is 1. The van der Waals surface area contributed by atoms with Crippen molar-refractivity contribution >= 4 is 9.24 Å². The highest BCUT2D eigenvalue weighted by Gasteiger charge is 2.06. The summed E-state index contributed by atoms with van der Waals surface area (Å²) in [6.07, 6.45) is -1.33. The van der Waals surface area contributed by atoms with Crippen molar-refractivity contribution in [3.63, 3.8) is 0 Å². The molecule has 0 heterocycles. The lowest BCUT2D eigenvalue weighted by molar-refractivity contribution is 0.153. The van der Waals surface area contributed by atoms with Gasteiger partial charge in [-0.2, -0.15) is 4.39 Å². The number of hydrogen-bond donors (Lipinski definition) is 0. The fourth-order valence-corrected chi connectivity index (χ4v) is 1.66. The summed E-state index contributed by atoms with van der Waals surface area (Å²) in [4.78, 5) is 0. The number of benzene rings is 1. The van der Waals surface area contributed by atoms with Crippen LogP contribution in [0.3, 0.4) is 0 Å². The van der Waals surface area contributed by atoms with E-state index in [4.69, 9.17) is 4.74 Å². The van der Waals surface area contributed by atoms with Crippen molar-refractivity contribution in [2.24, 2.45) is 0 Å². The van der Waals surface area contributed by atoms with E-state index in [-0.39, 0.29) is 0 Å². The number of rotatable bonds is 3. The molecule has 1 aromatic rings. The molecular formula is C13H22FOP. The van der Waals surface area contributed by atoms with Crippen LogP contribution >= 0.6 is 9.24 Å². The Morgan fingerprint density at radius 3 is 2.19 bits per heavy atom. The van der Waals surface area contributed by atoms with Crippen LogP contribution in [0.1, 0.15) is 44.7 Å². The number of aryl methyl sites for hydroxylation is 1. The first-order chi connectivity index (χ1) is 7.50. The third-order valence-corrected chi connectivity index (χ3v) is 2.25. The van der Waals surface area contributed by atoms with E-state index in [0.29, 0.717) is 11.7 Å². The molecule has 0 aromatic heterocycles. The van der Waals surface area contributed by atoms with Crippen molar-refractivity contribution in [3.8, 4) is 5.75 Å². The van der Waals surface area contributed by atoms with Gasteiger partial charge in [0, 0.05) is 0 Å². The smallest absolute Gasteiger partial charge is 0.249 e. The molecule has 1 aromatic carbocycles. The third kappa shape index (κ3) is 4.94. The van der Waals surface area contributed by atoms with Gasteiger partial charge in [-0.05, 0) is 36.1 Å². The lowest BCUT2D eigenvalue weighted by Gasteiger charge is -2.12. The molecule has 0 saturated carbocycles. The molecule has 0 bridgehead atoms. The first-order valence-corrected chi connectivity index (χ1v) is 6.34. The second-order valence-electron chi connectivity index (χ2n) is 3.64. The summed E-state index contributed by atoms with van der Waals surface area (Å²) in [5, 5.41) is 0. The Kier molecular flexibility index (Phi) is 7.33. The molecule has 0 amide bonds. The molecular weight excluding hydrogens is 222 g/mol. The molecule has 0 aliphatic carbocycles. The highest BCUT2D eigenvalue weighted by molar-refractivity contribution is 7.16. The van der Waals surface area contributed by atoms with Crippen LogP contribution in [0.15, 0.2) is 18.2 Å². The van der Waals surface area contributed by atoms with Crippen LogP contribution in [0.5, 0.6) is 5.75 Å². The van der Waals surface area contributed by atoms with Gasteiger partial charge in [0.15, 0.2) is 0 Å². The average Bonchev–Trinajstić information content (AvgIpc) is 2.19. The van der Waals surface area contributed by atoms with Gasteiger partial charge < -0.3 is 4.74 Å². The molecule has 0 saturated heterocycles. The van der Waals surface area contributed by atoms with Crippen LogP contribution < -0.4 is 4.74 Å². The van der Waals surface area contributed by atoms with Crippen molar-refractivity contribution in [3.05, 3.63) is 29.3 Å². The fraction of sp³-hybridized carbons (Fsp3) is 0.538. The Morgan fingerprint density at radius 2 is 1.81 bits per heavy atom. The van der Waals surface area contributed by atoms with E-state index in [1.54, 1.807) is 6.07 Å². The van der Waals surface area contributed by atoms with Gasteiger partial charge >= 0.3 is 0 Å². The Hall–Kier alpha value is -0.620. The summed E-state index contributed by atoms with van der Waals surface area (Å²) in [6, 6.07) is 5.66. The van der Waals surface area contributed by atoms with Crippen molar-refractivity contribution < 1.29 is 9.13 Å². The predicted octanol–water partition coefficient (Wildman–Crippen LogP) is 4.65. The Balaban J connectivity index is 0.00000106. The topological polar surface area (TPSA) is 9.23 Å². The Bertz CT molecular complexity index is 311. The highest BCUT2D eigenvalue weighted by atomic mass is 31.0. The second kappa shape index (κ2) is 7.62. The van der Waals surface area contributed by atoms with Gasteiger partial charge in [-0.25, -0.2) is 0 Å². The van der Waals surface area contributed by atoms with E-state index in [1.165, 1.54) is 5.56 Å². The van der Waals surface area contributed by atoms with Crippen molar-refractivity contribution in [1.82, 2.24) is 0 Å². The Labute approximate surface area is 101 Å². The molecule has 16 heavy (non-hydrogen) atoms. The zero-order valence-corrected chi connectivity index (χ0v) is 11.9. The van der Waals surface area contributed by atoms with E-state index in [9.17, 15) is 4.39 Å². The van der Waals surface area contributed by atoms with Crippen LogP contribution in [-0.4, -0.2) is 6.10 Å². The maximum atomic E-state index is 12.5. The summed E-state index contributed by atoms with van der Waals surface area (Å²) < 4.78 is 17.4. The minimum absolute atomic E-state index is 0.487. The molecule has 0 N–H and O–H groups in total. The first kappa shape index (κ1) is 15.4. The molecule has 1 nitrogen and oxygen atoms in total. The predicted molar refractivity (Wildman–Crippen MR) is 71.9 cm³/mol. The monoisotopic (exact) mass is 244 g/mol. The van der Waals surface area contributed by atoms with Crippen molar-refractivity contribution in [2.75, 3.05) is 0 Å². The summed E-state index contributed by atoms with van der Waals surface area (Å²) in [5.74, 6) is 1.07. The first-order valence-electron chi connectivity index (χ1n) is 5.67. The number of halogens is 1.